The minimum atomic E-state index is -0.603. The lowest BCUT2D eigenvalue weighted by atomic mass is 9.84. The number of hydrogen-bond acceptors (Lipinski definition) is 5. The first-order chi connectivity index (χ1) is 16.1. The molecule has 1 aromatic rings. The van der Waals surface area contributed by atoms with Crippen LogP contribution in [0.15, 0.2) is 71.5 Å². The van der Waals surface area contributed by atoms with Crippen LogP contribution in [0, 0.1) is 17.8 Å². The van der Waals surface area contributed by atoms with E-state index in [0.29, 0.717) is 12.5 Å². The van der Waals surface area contributed by atoms with Gasteiger partial charge in [-0.05, 0) is 30.4 Å². The Morgan fingerprint density at radius 2 is 1.97 bits per heavy atom. The van der Waals surface area contributed by atoms with Gasteiger partial charge >= 0.3 is 0 Å². The summed E-state index contributed by atoms with van der Waals surface area (Å²) >= 11 is 0. The number of nitrogens with one attached hydrogen (secondary N) is 3. The van der Waals surface area contributed by atoms with Gasteiger partial charge in [-0.25, -0.2) is 0 Å². The van der Waals surface area contributed by atoms with Crippen molar-refractivity contribution < 1.29 is 5.11 Å². The van der Waals surface area contributed by atoms with E-state index in [9.17, 15) is 5.11 Å². The van der Waals surface area contributed by atoms with Crippen LogP contribution in [-0.2, 0) is 0 Å². The van der Waals surface area contributed by atoms with Crippen LogP contribution in [0.5, 0.6) is 0 Å². The monoisotopic (exact) mass is 452 g/mol. The van der Waals surface area contributed by atoms with Gasteiger partial charge < -0.3 is 21.2 Å². The third-order valence-corrected chi connectivity index (χ3v) is 6.15. The molecule has 1 saturated heterocycles. The van der Waals surface area contributed by atoms with Gasteiger partial charge in [-0.1, -0.05) is 89.3 Å². The van der Waals surface area contributed by atoms with Crippen LogP contribution in [0.25, 0.3) is 0 Å². The van der Waals surface area contributed by atoms with Crippen LogP contribution in [0.3, 0.4) is 0 Å². The molecule has 2 aliphatic heterocycles. The molecule has 5 heteroatoms. The van der Waals surface area contributed by atoms with Crippen molar-refractivity contribution in [2.75, 3.05) is 19.6 Å². The van der Waals surface area contributed by atoms with Gasteiger partial charge in [0.05, 0.1) is 12.3 Å². The Balaban J connectivity index is 0.00000187. The van der Waals surface area contributed by atoms with E-state index in [2.05, 4.69) is 90.5 Å². The molecular formula is C28H44N4O. The van der Waals surface area contributed by atoms with E-state index in [0.717, 1.165) is 37.3 Å². The van der Waals surface area contributed by atoms with E-state index in [1.165, 1.54) is 5.56 Å². The lowest BCUT2D eigenvalue weighted by molar-refractivity contribution is 0.0670. The highest BCUT2D eigenvalue weighted by Gasteiger charge is 2.28. The molecule has 5 nitrogen and oxygen atoms in total. The number of hydrogen-bond donors (Lipinski definition) is 4. The van der Waals surface area contributed by atoms with Crippen molar-refractivity contribution in [3.63, 3.8) is 0 Å². The van der Waals surface area contributed by atoms with E-state index in [1.807, 2.05) is 26.0 Å². The average Bonchev–Trinajstić information content (AvgIpc) is 2.94. The standard InChI is InChI=1S/C26H38N4O.C2H6/c1-4-5-10-19(2)25-20(3)15-24(13-9-14-28-30-25)29-26(31)23-16-22(17-27-18-23)21-11-7-6-8-12-21;1-2/h5-13,15,19-20,22-23,26-29,31H,4,14,16-18H2,1-3H3;1-2H3/b10-5-,13-9-,24-15+,30-25-;. The van der Waals surface area contributed by atoms with Crippen LogP contribution in [0.4, 0.5) is 0 Å². The Morgan fingerprint density at radius 3 is 2.70 bits per heavy atom. The van der Waals surface area contributed by atoms with Crippen molar-refractivity contribution in [2.45, 2.75) is 59.6 Å². The summed E-state index contributed by atoms with van der Waals surface area (Å²) in [6.07, 6.45) is 12.1. The van der Waals surface area contributed by atoms with E-state index in [4.69, 9.17) is 0 Å². The van der Waals surface area contributed by atoms with Gasteiger partial charge in [-0.2, -0.15) is 5.10 Å². The molecule has 0 saturated carbocycles. The zero-order valence-corrected chi connectivity index (χ0v) is 21.1. The highest BCUT2D eigenvalue weighted by atomic mass is 16.3. The molecule has 2 heterocycles. The normalized spacial score (nSPS) is 29.3. The first kappa shape index (κ1) is 26.9. The molecule has 0 aliphatic carbocycles. The first-order valence-electron chi connectivity index (χ1n) is 12.6. The van der Waals surface area contributed by atoms with Gasteiger partial charge in [0.1, 0.15) is 6.23 Å². The molecule has 0 radical (unpaired) electrons. The van der Waals surface area contributed by atoms with Gasteiger partial charge in [-0.3, -0.25) is 0 Å². The fraction of sp³-hybridized carbons (Fsp3) is 0.536. The quantitative estimate of drug-likeness (QED) is 0.349. The molecule has 4 N–H and O–H groups in total. The highest BCUT2D eigenvalue weighted by Crippen LogP contribution is 2.28. The molecule has 0 aromatic heterocycles. The molecule has 0 amide bonds. The topological polar surface area (TPSA) is 68.7 Å². The number of hydrazone groups is 1. The smallest absolute Gasteiger partial charge is 0.128 e. The van der Waals surface area contributed by atoms with E-state index in [1.54, 1.807) is 0 Å². The maximum absolute atomic E-state index is 11.0. The number of rotatable bonds is 7. The maximum atomic E-state index is 11.0. The molecule has 0 spiro atoms. The van der Waals surface area contributed by atoms with E-state index >= 15 is 0 Å². The molecule has 5 unspecified atom stereocenters. The number of aliphatic hydroxyl groups excluding tert-OH is 1. The second kappa shape index (κ2) is 14.7. The fourth-order valence-corrected chi connectivity index (χ4v) is 4.42. The summed E-state index contributed by atoms with van der Waals surface area (Å²) in [5.41, 5.74) is 6.55. The van der Waals surface area contributed by atoms with Crippen molar-refractivity contribution in [1.82, 2.24) is 16.1 Å². The van der Waals surface area contributed by atoms with Gasteiger partial charge in [0, 0.05) is 36.5 Å². The van der Waals surface area contributed by atoms with Gasteiger partial charge in [-0.15, -0.1) is 0 Å². The summed E-state index contributed by atoms with van der Waals surface area (Å²) in [6, 6.07) is 10.6. The Labute approximate surface area is 201 Å². The largest absolute Gasteiger partial charge is 0.373 e. The predicted octanol–water partition coefficient (Wildman–Crippen LogP) is 4.95. The summed E-state index contributed by atoms with van der Waals surface area (Å²) in [4.78, 5) is 0. The summed E-state index contributed by atoms with van der Waals surface area (Å²) in [6.45, 7) is 12.9. The molecule has 1 aromatic carbocycles. The molecule has 182 valence electrons. The average molecular weight is 453 g/mol. The van der Waals surface area contributed by atoms with E-state index in [-0.39, 0.29) is 17.8 Å². The van der Waals surface area contributed by atoms with Crippen LogP contribution in [0.1, 0.15) is 58.9 Å². The first-order valence-corrected chi connectivity index (χ1v) is 12.6. The second-order valence-corrected chi connectivity index (χ2v) is 8.69. The Morgan fingerprint density at radius 1 is 1.21 bits per heavy atom. The second-order valence-electron chi connectivity index (χ2n) is 8.69. The number of allylic oxidation sites excluding steroid dienone is 4. The number of piperidine rings is 1. The van der Waals surface area contributed by atoms with Crippen molar-refractivity contribution in [1.29, 1.82) is 0 Å². The van der Waals surface area contributed by atoms with Gasteiger partial charge in [0.15, 0.2) is 0 Å². The van der Waals surface area contributed by atoms with Crippen LogP contribution in [-0.4, -0.2) is 36.7 Å². The van der Waals surface area contributed by atoms with Gasteiger partial charge in [0.2, 0.25) is 0 Å². The predicted molar refractivity (Wildman–Crippen MR) is 141 cm³/mol. The van der Waals surface area contributed by atoms with Crippen molar-refractivity contribution in [2.24, 2.45) is 22.9 Å². The third kappa shape index (κ3) is 8.49. The SMILES string of the molecule is CC.CC/C=C\C(C)/C1=N/NC/C=C\C(NC(O)C2CNCC(c3ccccc3)C2)=C/C1C. The summed E-state index contributed by atoms with van der Waals surface area (Å²) < 4.78 is 0. The number of aliphatic hydroxyl groups is 1. The molecule has 0 bridgehead atoms. The molecule has 5 atom stereocenters. The fourth-order valence-electron chi connectivity index (χ4n) is 4.42. The lowest BCUT2D eigenvalue weighted by Gasteiger charge is -2.34. The number of benzene rings is 1. The minimum Gasteiger partial charge on any atom is -0.373 e. The molecular weight excluding hydrogens is 408 g/mol. The molecule has 3 rings (SSSR count). The van der Waals surface area contributed by atoms with E-state index < -0.39 is 6.23 Å². The third-order valence-electron chi connectivity index (χ3n) is 6.15. The Hall–Kier alpha value is -2.37. The zero-order chi connectivity index (χ0) is 24.1. The lowest BCUT2D eigenvalue weighted by Crippen LogP contribution is -2.45. The summed E-state index contributed by atoms with van der Waals surface area (Å²) in [5, 5.41) is 22.5. The molecule has 33 heavy (non-hydrogen) atoms. The Kier molecular flexibility index (Phi) is 12.0. The minimum absolute atomic E-state index is 0.147. The van der Waals surface area contributed by atoms with Crippen molar-refractivity contribution in [3.05, 3.63) is 72.0 Å². The van der Waals surface area contributed by atoms with Crippen LogP contribution in [0.2, 0.25) is 0 Å². The van der Waals surface area contributed by atoms with Crippen molar-refractivity contribution in [3.8, 4) is 0 Å². The zero-order valence-electron chi connectivity index (χ0n) is 21.1. The highest BCUT2D eigenvalue weighted by molar-refractivity contribution is 5.91. The van der Waals surface area contributed by atoms with Gasteiger partial charge in [0.25, 0.3) is 0 Å². The maximum Gasteiger partial charge on any atom is 0.128 e. The van der Waals surface area contributed by atoms with Crippen LogP contribution < -0.4 is 16.1 Å². The van der Waals surface area contributed by atoms with Crippen LogP contribution >= 0.6 is 0 Å². The Bertz CT molecular complexity index is 799. The summed E-state index contributed by atoms with van der Waals surface area (Å²) in [7, 11) is 0. The molecule has 1 fully saturated rings. The summed E-state index contributed by atoms with van der Waals surface area (Å²) in [5.74, 6) is 0.989. The molecule has 2 aliphatic rings. The number of nitrogens with zero attached hydrogens (tertiary/aromatic N) is 1. The van der Waals surface area contributed by atoms with Crippen molar-refractivity contribution >= 4 is 5.71 Å².